The molecule has 4 nitrogen and oxygen atoms in total. The third kappa shape index (κ3) is 80.9. The van der Waals surface area contributed by atoms with Crippen molar-refractivity contribution < 1.29 is 97.8 Å². The van der Waals surface area contributed by atoms with Crippen LogP contribution in [0.5, 0.6) is 0 Å². The van der Waals surface area contributed by atoms with Crippen LogP contribution in [0.25, 0.3) is 0 Å². The van der Waals surface area contributed by atoms with Crippen LogP contribution in [0.3, 0.4) is 0 Å². The molecular weight excluding hydrogens is 355 g/mol. The number of carboxylic acid groups (broad SMARTS) is 2. The molecule has 0 aromatic heterocycles. The van der Waals surface area contributed by atoms with Gasteiger partial charge in [-0.1, -0.05) is 0 Å². The van der Waals surface area contributed by atoms with E-state index in [1.807, 2.05) is 0 Å². The van der Waals surface area contributed by atoms with E-state index in [0.29, 0.717) is 0 Å². The fourth-order valence-electron chi connectivity index (χ4n) is 0. The summed E-state index contributed by atoms with van der Waals surface area (Å²) in [6, 6.07) is 0. The molecule has 0 bridgehead atoms. The Morgan fingerprint density at radius 1 is 1.29 bits per heavy atom. The van der Waals surface area contributed by atoms with E-state index >= 15 is 0 Å². The third-order valence-electron chi connectivity index (χ3n) is 0. The van der Waals surface area contributed by atoms with E-state index in [0.717, 1.165) is 0 Å². The standard InChI is InChI=1S/CH2O3.Ce.La.O/c2-1(3)4;;;/h(H2,2,3,4);;;/q;2*+3;-2/p-2. The summed E-state index contributed by atoms with van der Waals surface area (Å²) in [6.07, 6.45) is -2.33. The van der Waals surface area contributed by atoms with Crippen molar-refractivity contribution in [1.82, 2.24) is 0 Å². The van der Waals surface area contributed by atoms with Crippen LogP contribution >= 0.6 is 0 Å². The molecule has 0 spiro atoms. The number of rotatable bonds is 0. The van der Waals surface area contributed by atoms with Crippen LogP contribution in [0.1, 0.15) is 0 Å². The van der Waals surface area contributed by atoms with E-state index in [1.54, 1.807) is 0 Å². The van der Waals surface area contributed by atoms with E-state index in [1.165, 1.54) is 0 Å². The Balaban J connectivity index is -0.0000000150. The Labute approximate surface area is 102 Å². The first kappa shape index (κ1) is 23.2. The summed E-state index contributed by atoms with van der Waals surface area (Å²) in [5.41, 5.74) is 0. The van der Waals surface area contributed by atoms with E-state index < -0.39 is 6.16 Å². The van der Waals surface area contributed by atoms with Crippen molar-refractivity contribution in [3.8, 4) is 0 Å². The maximum absolute atomic E-state index is 8.33. The molecule has 0 saturated heterocycles. The van der Waals surface area contributed by atoms with E-state index in [-0.39, 0.29) is 82.8 Å². The van der Waals surface area contributed by atoms with Gasteiger partial charge < -0.3 is 20.5 Å². The fraction of sp³-hybridized carbons (Fsp3) is 0. The first-order chi connectivity index (χ1) is 1.73. The number of hydrogen-bond acceptors (Lipinski definition) is 3. The summed E-state index contributed by atoms with van der Waals surface area (Å²) in [4.78, 5) is 8.33. The molecule has 0 amide bonds. The van der Waals surface area contributed by atoms with Gasteiger partial charge in [-0.15, -0.1) is 0 Å². The number of carbonyl (C=O) groups excluding carboxylic acids is 1. The summed E-state index contributed by atoms with van der Waals surface area (Å²) in [7, 11) is 0. The van der Waals surface area contributed by atoms with Gasteiger partial charge in [-0.2, -0.15) is 0 Å². The quantitative estimate of drug-likeness (QED) is 0.479. The van der Waals surface area contributed by atoms with Crippen LogP contribution in [-0.2, 0) is 5.48 Å². The van der Waals surface area contributed by atoms with Gasteiger partial charge in [0.25, 0.3) is 0 Å². The zero-order valence-corrected chi connectivity index (χ0v) is 9.98. The Bertz CT molecular complexity index is 34.7. The molecule has 0 aliphatic carbocycles. The van der Waals surface area contributed by atoms with Gasteiger partial charge in [-0.3, -0.25) is 0 Å². The molecule has 0 aromatic rings. The maximum Gasteiger partial charge on any atom is 3.00 e. The Kier molecular flexibility index (Phi) is 52.0. The summed E-state index contributed by atoms with van der Waals surface area (Å²) in [5.74, 6) is 0. The number of hydrogen-bond donors (Lipinski definition) is 0. The van der Waals surface area contributed by atoms with Gasteiger partial charge in [-0.05, 0) is 6.16 Å². The molecule has 0 rings (SSSR count). The van der Waals surface area contributed by atoms with Crippen molar-refractivity contribution in [2.75, 3.05) is 0 Å². The SMILES string of the molecule is O=C([O-])[O-].[Ce+3].[La+3].[O-2]. The van der Waals surface area contributed by atoms with Crippen LogP contribution in [0, 0.1) is 77.3 Å². The molecule has 0 heterocycles. The molecule has 7 heavy (non-hydrogen) atoms. The predicted molar refractivity (Wildman–Crippen MR) is 6.08 cm³/mol. The first-order valence-corrected chi connectivity index (χ1v) is 0.612. The molecule has 0 aliphatic heterocycles. The summed E-state index contributed by atoms with van der Waals surface area (Å²) in [6.45, 7) is 0. The van der Waals surface area contributed by atoms with E-state index in [9.17, 15) is 0 Å². The molecule has 6 heteroatoms. The second-order valence-electron chi connectivity index (χ2n) is 0.250. The van der Waals surface area contributed by atoms with Gasteiger partial charge in [0.2, 0.25) is 0 Å². The first-order valence-electron chi connectivity index (χ1n) is 0.612. The normalized spacial score (nSPS) is 3.43. The summed E-state index contributed by atoms with van der Waals surface area (Å²) >= 11 is 0. The predicted octanol–water partition coefficient (Wildman–Crippen LogP) is -2.57. The van der Waals surface area contributed by atoms with Crippen LogP contribution < -0.4 is 10.2 Å². The molecule has 33 valence electrons. The zero-order valence-electron chi connectivity index (χ0n) is 3.21. The monoisotopic (exact) mass is 355 g/mol. The molecule has 1 radical (unpaired) electrons. The van der Waals surface area contributed by atoms with E-state index in [4.69, 9.17) is 15.0 Å². The van der Waals surface area contributed by atoms with Crippen molar-refractivity contribution in [3.63, 3.8) is 0 Å². The molecule has 0 unspecified atom stereocenters. The van der Waals surface area contributed by atoms with Crippen LogP contribution in [0.2, 0.25) is 0 Å². The topological polar surface area (TPSA) is 91.7 Å². The fourth-order valence-corrected chi connectivity index (χ4v) is 0. The van der Waals surface area contributed by atoms with Gasteiger partial charge in [0.1, 0.15) is 0 Å². The average Bonchev–Trinajstić information content (AvgIpc) is 0.811. The second-order valence-corrected chi connectivity index (χ2v) is 0.250. The van der Waals surface area contributed by atoms with Crippen LogP contribution in [0.4, 0.5) is 4.79 Å². The Morgan fingerprint density at radius 2 is 1.29 bits per heavy atom. The largest absolute Gasteiger partial charge is 3.00 e. The van der Waals surface area contributed by atoms with Crippen molar-refractivity contribution in [3.05, 3.63) is 0 Å². The minimum absolute atomic E-state index is 0. The number of carbonyl (C=O) groups is 1. The van der Waals surface area contributed by atoms with Crippen LogP contribution in [0.15, 0.2) is 0 Å². The Morgan fingerprint density at radius 3 is 1.29 bits per heavy atom. The van der Waals surface area contributed by atoms with Crippen LogP contribution in [-0.4, -0.2) is 6.16 Å². The molecule has 0 saturated carbocycles. The molecular formula is CCeLaO4+2. The molecule has 0 atom stereocenters. The molecule has 0 N–H and O–H groups in total. The minimum Gasteiger partial charge on any atom is -2.00 e. The van der Waals surface area contributed by atoms with Gasteiger partial charge >= 0.3 is 77.3 Å². The van der Waals surface area contributed by atoms with Crippen molar-refractivity contribution in [2.24, 2.45) is 0 Å². The average molecular weight is 355 g/mol. The summed E-state index contributed by atoms with van der Waals surface area (Å²) < 4.78 is 0. The molecule has 0 aliphatic rings. The third-order valence-corrected chi connectivity index (χ3v) is 0. The summed E-state index contributed by atoms with van der Waals surface area (Å²) in [5, 5.41) is 16.7. The second kappa shape index (κ2) is 15.7. The van der Waals surface area contributed by atoms with Gasteiger partial charge in [0.15, 0.2) is 0 Å². The minimum atomic E-state index is -2.33. The maximum atomic E-state index is 8.33. The molecule has 0 aromatic carbocycles. The van der Waals surface area contributed by atoms with Gasteiger partial charge in [0.05, 0.1) is 0 Å². The van der Waals surface area contributed by atoms with Crippen molar-refractivity contribution in [2.45, 2.75) is 0 Å². The van der Waals surface area contributed by atoms with E-state index in [2.05, 4.69) is 0 Å². The smallest absolute Gasteiger partial charge is 2.00 e. The van der Waals surface area contributed by atoms with Crippen molar-refractivity contribution in [1.29, 1.82) is 0 Å². The molecule has 0 fully saturated rings. The van der Waals surface area contributed by atoms with Crippen molar-refractivity contribution >= 4 is 6.16 Å². The Hall–Kier alpha value is 1.80. The zero-order chi connectivity index (χ0) is 3.58. The van der Waals surface area contributed by atoms with Gasteiger partial charge in [0, 0.05) is 0 Å². The van der Waals surface area contributed by atoms with Gasteiger partial charge in [-0.25, -0.2) is 0 Å².